The summed E-state index contributed by atoms with van der Waals surface area (Å²) < 4.78 is 27.2. The number of piperidine rings is 1. The second kappa shape index (κ2) is 6.60. The molecule has 2 rings (SSSR count). The van der Waals surface area contributed by atoms with Crippen LogP contribution in [-0.4, -0.2) is 24.6 Å². The molecule has 1 aliphatic rings. The second-order valence-electron chi connectivity index (χ2n) is 4.97. The van der Waals surface area contributed by atoms with Crippen LogP contribution < -0.4 is 10.6 Å². The van der Waals surface area contributed by atoms with Gasteiger partial charge in [0.2, 0.25) is 0 Å². The van der Waals surface area contributed by atoms with Gasteiger partial charge in [0.05, 0.1) is 17.1 Å². The van der Waals surface area contributed by atoms with Crippen LogP contribution in [0.1, 0.15) is 19.3 Å². The molecule has 1 atom stereocenters. The molecular formula is C13H17F2N3O2. The predicted molar refractivity (Wildman–Crippen MR) is 71.7 cm³/mol. The van der Waals surface area contributed by atoms with Crippen molar-refractivity contribution in [1.29, 1.82) is 0 Å². The van der Waals surface area contributed by atoms with Crippen LogP contribution in [0.15, 0.2) is 12.1 Å². The Balaban J connectivity index is 1.93. The zero-order valence-electron chi connectivity index (χ0n) is 11.0. The fourth-order valence-electron chi connectivity index (χ4n) is 2.41. The molecule has 0 aliphatic carbocycles. The molecule has 0 radical (unpaired) electrons. The lowest BCUT2D eigenvalue weighted by Gasteiger charge is -2.22. The summed E-state index contributed by atoms with van der Waals surface area (Å²) in [5, 5.41) is 16.5. The minimum atomic E-state index is -0.932. The fraction of sp³-hybridized carbons (Fsp3) is 0.538. The number of nitrogens with one attached hydrogen (secondary N) is 2. The largest absolute Gasteiger partial charge is 0.380 e. The number of hydrogen-bond donors (Lipinski definition) is 2. The zero-order valence-corrected chi connectivity index (χ0v) is 11.0. The molecule has 1 fully saturated rings. The second-order valence-corrected chi connectivity index (χ2v) is 4.97. The lowest BCUT2D eigenvalue weighted by Crippen LogP contribution is -2.30. The van der Waals surface area contributed by atoms with Crippen LogP contribution in [-0.2, 0) is 0 Å². The summed E-state index contributed by atoms with van der Waals surface area (Å²) in [6.45, 7) is 2.39. The smallest absolute Gasteiger partial charge is 0.275 e. The SMILES string of the molecule is O=[N+]([O-])c1cc(F)c(NCCC2CCCNC2)c(F)c1. The lowest BCUT2D eigenvalue weighted by atomic mass is 9.96. The van der Waals surface area contributed by atoms with E-state index in [4.69, 9.17) is 0 Å². The first-order chi connectivity index (χ1) is 9.58. The van der Waals surface area contributed by atoms with Crippen LogP contribution in [0, 0.1) is 27.7 Å². The average molecular weight is 285 g/mol. The first-order valence-electron chi connectivity index (χ1n) is 6.66. The van der Waals surface area contributed by atoms with E-state index in [-0.39, 0.29) is 5.69 Å². The van der Waals surface area contributed by atoms with Crippen LogP contribution >= 0.6 is 0 Å². The molecule has 0 amide bonds. The Labute approximate surface area is 115 Å². The van der Waals surface area contributed by atoms with Crippen LogP contribution in [0.5, 0.6) is 0 Å². The summed E-state index contributed by atoms with van der Waals surface area (Å²) in [6, 6.07) is 1.46. The van der Waals surface area contributed by atoms with Gasteiger partial charge in [0.25, 0.3) is 5.69 Å². The van der Waals surface area contributed by atoms with E-state index in [0.717, 1.165) is 44.5 Å². The van der Waals surface area contributed by atoms with E-state index in [2.05, 4.69) is 10.6 Å². The Morgan fingerprint density at radius 3 is 2.65 bits per heavy atom. The molecule has 1 saturated heterocycles. The lowest BCUT2D eigenvalue weighted by molar-refractivity contribution is -0.385. The van der Waals surface area contributed by atoms with E-state index in [1.54, 1.807) is 0 Å². The summed E-state index contributed by atoms with van der Waals surface area (Å²) in [6.07, 6.45) is 3.04. The maximum Gasteiger partial charge on any atom is 0.275 e. The molecule has 7 heteroatoms. The summed E-state index contributed by atoms with van der Waals surface area (Å²) in [7, 11) is 0. The van der Waals surface area contributed by atoms with Crippen molar-refractivity contribution in [2.75, 3.05) is 25.0 Å². The van der Waals surface area contributed by atoms with Gasteiger partial charge in [0, 0.05) is 6.54 Å². The Morgan fingerprint density at radius 1 is 1.40 bits per heavy atom. The molecule has 20 heavy (non-hydrogen) atoms. The van der Waals surface area contributed by atoms with Crippen molar-refractivity contribution in [3.63, 3.8) is 0 Å². The Hall–Kier alpha value is -1.76. The third-order valence-corrected chi connectivity index (χ3v) is 3.49. The maximum atomic E-state index is 13.6. The van der Waals surface area contributed by atoms with Crippen LogP contribution in [0.3, 0.4) is 0 Å². The van der Waals surface area contributed by atoms with E-state index < -0.39 is 22.2 Å². The Kier molecular flexibility index (Phi) is 4.84. The molecule has 0 bridgehead atoms. The molecule has 1 aromatic carbocycles. The van der Waals surface area contributed by atoms with E-state index in [0.29, 0.717) is 12.5 Å². The highest BCUT2D eigenvalue weighted by atomic mass is 19.1. The third kappa shape index (κ3) is 3.63. The predicted octanol–water partition coefficient (Wildman–Crippen LogP) is 2.67. The number of hydrogen-bond acceptors (Lipinski definition) is 4. The van der Waals surface area contributed by atoms with Crippen LogP contribution in [0.4, 0.5) is 20.2 Å². The van der Waals surface area contributed by atoms with E-state index in [1.807, 2.05) is 0 Å². The molecule has 2 N–H and O–H groups in total. The molecule has 0 spiro atoms. The van der Waals surface area contributed by atoms with Crippen LogP contribution in [0.25, 0.3) is 0 Å². The van der Waals surface area contributed by atoms with Gasteiger partial charge >= 0.3 is 0 Å². The molecule has 1 aliphatic heterocycles. The highest BCUT2D eigenvalue weighted by Gasteiger charge is 2.17. The normalized spacial score (nSPS) is 18.8. The number of non-ortho nitro benzene ring substituents is 1. The number of nitrogens with zero attached hydrogens (tertiary/aromatic N) is 1. The topological polar surface area (TPSA) is 67.2 Å². The van der Waals surface area contributed by atoms with Crippen molar-refractivity contribution < 1.29 is 13.7 Å². The van der Waals surface area contributed by atoms with Gasteiger partial charge in [-0.2, -0.15) is 0 Å². The van der Waals surface area contributed by atoms with Gasteiger partial charge in [-0.1, -0.05) is 0 Å². The molecule has 5 nitrogen and oxygen atoms in total. The average Bonchev–Trinajstić information content (AvgIpc) is 2.42. The molecule has 0 saturated carbocycles. The summed E-state index contributed by atoms with van der Waals surface area (Å²) >= 11 is 0. The minimum Gasteiger partial charge on any atom is -0.380 e. The van der Waals surface area contributed by atoms with Gasteiger partial charge < -0.3 is 10.6 Å². The van der Waals surface area contributed by atoms with Gasteiger partial charge in [-0.3, -0.25) is 10.1 Å². The fourth-order valence-corrected chi connectivity index (χ4v) is 2.41. The summed E-state index contributed by atoms with van der Waals surface area (Å²) in [5.41, 5.74) is -0.874. The van der Waals surface area contributed by atoms with Gasteiger partial charge in [0.15, 0.2) is 11.6 Å². The van der Waals surface area contributed by atoms with Crippen molar-refractivity contribution in [2.45, 2.75) is 19.3 Å². The van der Waals surface area contributed by atoms with Crippen molar-refractivity contribution in [3.05, 3.63) is 33.9 Å². The number of halogens is 2. The van der Waals surface area contributed by atoms with Crippen LogP contribution in [0.2, 0.25) is 0 Å². The van der Waals surface area contributed by atoms with Crippen molar-refractivity contribution in [3.8, 4) is 0 Å². The van der Waals surface area contributed by atoms with Gasteiger partial charge in [0.1, 0.15) is 5.69 Å². The number of nitro groups is 1. The standard InChI is InChI=1S/C13H17F2N3O2/c14-11-6-10(18(19)20)7-12(15)13(11)17-5-3-9-2-1-4-16-8-9/h6-7,9,16-17H,1-5,8H2. The first-order valence-corrected chi connectivity index (χ1v) is 6.66. The van der Waals surface area contributed by atoms with Crippen molar-refractivity contribution in [1.82, 2.24) is 5.32 Å². The number of rotatable bonds is 5. The van der Waals surface area contributed by atoms with E-state index >= 15 is 0 Å². The van der Waals surface area contributed by atoms with E-state index in [9.17, 15) is 18.9 Å². The highest BCUT2D eigenvalue weighted by molar-refractivity contribution is 5.51. The molecular weight excluding hydrogens is 268 g/mol. The number of anilines is 1. The maximum absolute atomic E-state index is 13.6. The molecule has 1 heterocycles. The zero-order chi connectivity index (χ0) is 14.5. The molecule has 1 unspecified atom stereocenters. The summed E-state index contributed by atoms with van der Waals surface area (Å²) in [5.74, 6) is -1.36. The van der Waals surface area contributed by atoms with Crippen molar-refractivity contribution in [2.24, 2.45) is 5.92 Å². The Bertz CT molecular complexity index is 467. The molecule has 1 aromatic rings. The van der Waals surface area contributed by atoms with Crippen molar-refractivity contribution >= 4 is 11.4 Å². The Morgan fingerprint density at radius 2 is 2.10 bits per heavy atom. The van der Waals surface area contributed by atoms with Gasteiger partial charge in [-0.05, 0) is 38.3 Å². The van der Waals surface area contributed by atoms with Gasteiger partial charge in [-0.15, -0.1) is 0 Å². The summed E-state index contributed by atoms with van der Waals surface area (Å²) in [4.78, 5) is 9.67. The molecule has 0 aromatic heterocycles. The third-order valence-electron chi connectivity index (χ3n) is 3.49. The number of nitro benzene ring substituents is 1. The number of benzene rings is 1. The highest BCUT2D eigenvalue weighted by Crippen LogP contribution is 2.25. The first kappa shape index (κ1) is 14.6. The minimum absolute atomic E-state index is 0.292. The monoisotopic (exact) mass is 285 g/mol. The van der Waals surface area contributed by atoms with E-state index in [1.165, 1.54) is 0 Å². The van der Waals surface area contributed by atoms with Gasteiger partial charge in [-0.25, -0.2) is 8.78 Å². The molecule has 110 valence electrons. The quantitative estimate of drug-likeness (QED) is 0.644.